The van der Waals surface area contributed by atoms with Crippen molar-refractivity contribution in [1.29, 1.82) is 0 Å². The summed E-state index contributed by atoms with van der Waals surface area (Å²) in [5.74, 6) is 1.18. The minimum Gasteiger partial charge on any atom is -0.497 e. The van der Waals surface area contributed by atoms with Crippen LogP contribution < -0.4 is 10.1 Å². The number of H-pyrrole nitrogens is 2. The van der Waals surface area contributed by atoms with Crippen LogP contribution >= 0.6 is 0 Å². The Kier molecular flexibility index (Phi) is 3.93. The Hall–Kier alpha value is -2.80. The first-order valence-electron chi connectivity index (χ1n) is 8.38. The Balaban J connectivity index is 1.51. The molecule has 0 aliphatic carbocycles. The number of hydrogen-bond donors (Lipinski definition) is 3. The number of methoxy groups -OCH3 is 1. The van der Waals surface area contributed by atoms with Gasteiger partial charge >= 0.3 is 0 Å². The Bertz CT molecular complexity index is 913. The summed E-state index contributed by atoms with van der Waals surface area (Å²) in [5, 5.41) is 11.0. The minimum absolute atomic E-state index is 0.235. The van der Waals surface area contributed by atoms with Gasteiger partial charge in [-0.05, 0) is 56.8 Å². The lowest BCUT2D eigenvalue weighted by Crippen LogP contribution is -2.17. The molecule has 25 heavy (non-hydrogen) atoms. The van der Waals surface area contributed by atoms with Crippen LogP contribution in [0.5, 0.6) is 5.75 Å². The number of carbonyl (C=O) groups is 1. The van der Waals surface area contributed by atoms with Crippen LogP contribution in [0.2, 0.25) is 0 Å². The van der Waals surface area contributed by atoms with Gasteiger partial charge in [0.2, 0.25) is 0 Å². The lowest BCUT2D eigenvalue weighted by molar-refractivity contribution is 0.102. The highest BCUT2D eigenvalue weighted by Crippen LogP contribution is 2.29. The lowest BCUT2D eigenvalue weighted by atomic mass is 10.1. The van der Waals surface area contributed by atoms with Gasteiger partial charge in [0, 0.05) is 10.9 Å². The van der Waals surface area contributed by atoms with Crippen LogP contribution in [0.25, 0.3) is 10.9 Å². The van der Waals surface area contributed by atoms with Crippen molar-refractivity contribution in [3.05, 3.63) is 41.7 Å². The first-order valence-corrected chi connectivity index (χ1v) is 8.38. The summed E-state index contributed by atoms with van der Waals surface area (Å²) in [6.07, 6.45) is 2.25. The maximum absolute atomic E-state index is 12.5. The van der Waals surface area contributed by atoms with Crippen molar-refractivity contribution in [2.24, 2.45) is 0 Å². The number of hydrogen-bond acceptors (Lipinski definition) is 4. The zero-order valence-corrected chi connectivity index (χ0v) is 14.3. The summed E-state index contributed by atoms with van der Waals surface area (Å²) >= 11 is 0. The van der Waals surface area contributed by atoms with Gasteiger partial charge in [-0.1, -0.05) is 0 Å². The Morgan fingerprint density at radius 2 is 2.24 bits per heavy atom. The molecule has 0 bridgehead atoms. The third kappa shape index (κ3) is 2.98. The van der Waals surface area contributed by atoms with Gasteiger partial charge in [0.15, 0.2) is 5.69 Å². The van der Waals surface area contributed by atoms with Crippen LogP contribution in [0.15, 0.2) is 30.3 Å². The molecule has 1 unspecified atom stereocenters. The van der Waals surface area contributed by atoms with Crippen LogP contribution in [-0.2, 0) is 0 Å². The van der Waals surface area contributed by atoms with Crippen molar-refractivity contribution < 1.29 is 9.53 Å². The maximum atomic E-state index is 12.5. The fraction of sp³-hybridized carbons (Fsp3) is 0.333. The van der Waals surface area contributed by atoms with Crippen molar-refractivity contribution in [3.8, 4) is 5.75 Å². The summed E-state index contributed by atoms with van der Waals surface area (Å²) in [6, 6.07) is 9.76. The Labute approximate surface area is 145 Å². The number of aromatic amines is 2. The fourth-order valence-corrected chi connectivity index (χ4v) is 3.42. The molecule has 1 aliphatic heterocycles. The SMILES string of the molecule is COc1ccc2[nH]c(NC(=O)c3cc(C4CCCN4C)[nH]n3)cc2c1. The van der Waals surface area contributed by atoms with E-state index in [-0.39, 0.29) is 5.91 Å². The summed E-state index contributed by atoms with van der Waals surface area (Å²) in [4.78, 5) is 17.9. The highest BCUT2D eigenvalue weighted by molar-refractivity contribution is 6.03. The zero-order valence-electron chi connectivity index (χ0n) is 14.3. The molecule has 7 nitrogen and oxygen atoms in total. The van der Waals surface area contributed by atoms with Gasteiger partial charge in [-0.15, -0.1) is 0 Å². The van der Waals surface area contributed by atoms with Gasteiger partial charge in [0.25, 0.3) is 5.91 Å². The lowest BCUT2D eigenvalue weighted by Gasteiger charge is -2.16. The van der Waals surface area contributed by atoms with Crippen molar-refractivity contribution in [2.75, 3.05) is 26.0 Å². The third-order valence-electron chi connectivity index (χ3n) is 4.79. The number of aromatic nitrogens is 3. The first-order chi connectivity index (χ1) is 12.1. The van der Waals surface area contributed by atoms with E-state index >= 15 is 0 Å². The average molecular weight is 339 g/mol. The largest absolute Gasteiger partial charge is 0.497 e. The van der Waals surface area contributed by atoms with Crippen LogP contribution in [0.1, 0.15) is 35.1 Å². The smallest absolute Gasteiger partial charge is 0.277 e. The molecule has 0 radical (unpaired) electrons. The van der Waals surface area contributed by atoms with E-state index in [1.807, 2.05) is 30.3 Å². The zero-order chi connectivity index (χ0) is 17.4. The van der Waals surface area contributed by atoms with Crippen molar-refractivity contribution in [1.82, 2.24) is 20.1 Å². The molecule has 0 saturated carbocycles. The highest BCUT2D eigenvalue weighted by Gasteiger charge is 2.25. The number of likely N-dealkylation sites (tertiary alicyclic amines) is 1. The molecule has 1 saturated heterocycles. The molecule has 3 N–H and O–H groups in total. The van der Waals surface area contributed by atoms with Crippen LogP contribution in [0.4, 0.5) is 5.82 Å². The van der Waals surface area contributed by atoms with Gasteiger partial charge < -0.3 is 15.0 Å². The molecule has 2 aromatic heterocycles. The molecule has 7 heteroatoms. The van der Waals surface area contributed by atoms with E-state index in [0.29, 0.717) is 17.6 Å². The number of rotatable bonds is 4. The molecule has 1 aliphatic rings. The summed E-state index contributed by atoms with van der Waals surface area (Å²) in [7, 11) is 3.73. The van der Waals surface area contributed by atoms with E-state index in [2.05, 4.69) is 32.4 Å². The normalized spacial score (nSPS) is 17.9. The summed E-state index contributed by atoms with van der Waals surface area (Å²) < 4.78 is 5.22. The van der Waals surface area contributed by atoms with Crippen molar-refractivity contribution in [3.63, 3.8) is 0 Å². The monoisotopic (exact) mass is 339 g/mol. The number of fused-ring (bicyclic) bond motifs is 1. The maximum Gasteiger partial charge on any atom is 0.277 e. The topological polar surface area (TPSA) is 86.0 Å². The second-order valence-electron chi connectivity index (χ2n) is 6.44. The number of anilines is 1. The first kappa shape index (κ1) is 15.7. The van der Waals surface area contributed by atoms with Crippen LogP contribution in [-0.4, -0.2) is 46.7 Å². The minimum atomic E-state index is -0.235. The molecule has 1 aromatic carbocycles. The van der Waals surface area contributed by atoms with Gasteiger partial charge in [-0.2, -0.15) is 5.10 Å². The average Bonchev–Trinajstić information content (AvgIpc) is 3.32. The molecule has 1 atom stereocenters. The number of benzene rings is 1. The van der Waals surface area contributed by atoms with E-state index in [0.717, 1.165) is 35.3 Å². The number of carbonyl (C=O) groups excluding carboxylic acids is 1. The molecule has 3 aromatic rings. The van der Waals surface area contributed by atoms with E-state index < -0.39 is 0 Å². The molecule has 4 rings (SSSR count). The van der Waals surface area contributed by atoms with Crippen LogP contribution in [0.3, 0.4) is 0 Å². The molecule has 0 spiro atoms. The fourth-order valence-electron chi connectivity index (χ4n) is 3.42. The molecule has 1 amide bonds. The van der Waals surface area contributed by atoms with E-state index in [4.69, 9.17) is 4.74 Å². The predicted octanol–water partition coefficient (Wildman–Crippen LogP) is 2.92. The summed E-state index contributed by atoms with van der Waals surface area (Å²) in [5.41, 5.74) is 2.32. The second kappa shape index (κ2) is 6.25. The highest BCUT2D eigenvalue weighted by atomic mass is 16.5. The van der Waals surface area contributed by atoms with E-state index in [9.17, 15) is 4.79 Å². The van der Waals surface area contributed by atoms with Gasteiger partial charge in [-0.3, -0.25) is 14.8 Å². The number of nitrogens with one attached hydrogen (secondary N) is 3. The molecular weight excluding hydrogens is 318 g/mol. The van der Waals surface area contributed by atoms with Gasteiger partial charge in [0.1, 0.15) is 11.6 Å². The van der Waals surface area contributed by atoms with Gasteiger partial charge in [-0.25, -0.2) is 0 Å². The number of nitrogens with zero attached hydrogens (tertiary/aromatic N) is 2. The number of amides is 1. The van der Waals surface area contributed by atoms with Crippen molar-refractivity contribution >= 4 is 22.6 Å². The molecule has 3 heterocycles. The number of ether oxygens (including phenoxy) is 1. The third-order valence-corrected chi connectivity index (χ3v) is 4.79. The Morgan fingerprint density at radius 3 is 3.00 bits per heavy atom. The second-order valence-corrected chi connectivity index (χ2v) is 6.44. The Morgan fingerprint density at radius 1 is 1.36 bits per heavy atom. The summed E-state index contributed by atoms with van der Waals surface area (Å²) in [6.45, 7) is 1.07. The van der Waals surface area contributed by atoms with Crippen molar-refractivity contribution in [2.45, 2.75) is 18.9 Å². The standard InChI is InChI=1S/C18H21N5O2/c1-23-7-3-4-16(23)14-10-15(22-21-14)18(24)20-17-9-11-8-12(25-2)5-6-13(11)19-17/h5-6,8-10,16,19H,3-4,7H2,1-2H3,(H,20,24)(H,21,22). The molecule has 130 valence electrons. The van der Waals surface area contributed by atoms with E-state index in [1.165, 1.54) is 6.42 Å². The predicted molar refractivity (Wildman–Crippen MR) is 96.0 cm³/mol. The quantitative estimate of drug-likeness (QED) is 0.682. The molecular formula is C18H21N5O2. The van der Waals surface area contributed by atoms with E-state index in [1.54, 1.807) is 7.11 Å². The van der Waals surface area contributed by atoms with Gasteiger partial charge in [0.05, 0.1) is 18.8 Å². The molecule has 1 fully saturated rings. The van der Waals surface area contributed by atoms with Crippen LogP contribution in [0, 0.1) is 0 Å².